The van der Waals surface area contributed by atoms with Crippen molar-refractivity contribution in [2.75, 3.05) is 23.7 Å². The zero-order chi connectivity index (χ0) is 27.7. The lowest BCUT2D eigenvalue weighted by molar-refractivity contribution is -0.140. The molecule has 3 rings (SSSR count). The van der Waals surface area contributed by atoms with Crippen LogP contribution in [0.2, 0.25) is 0 Å². The number of sulfonamides is 1. The molecule has 0 radical (unpaired) electrons. The minimum atomic E-state index is -3.52. The molecule has 0 aromatic heterocycles. The van der Waals surface area contributed by atoms with E-state index < -0.39 is 16.1 Å². The number of nitrogens with zero attached hydrogens (tertiary/aromatic N) is 2. The van der Waals surface area contributed by atoms with Crippen LogP contribution in [0.3, 0.4) is 0 Å². The van der Waals surface area contributed by atoms with Gasteiger partial charge in [-0.2, -0.15) is 0 Å². The third kappa shape index (κ3) is 8.58. The molecule has 0 saturated heterocycles. The third-order valence-electron chi connectivity index (χ3n) is 7.39. The molecule has 1 N–H and O–H groups in total. The molecule has 1 saturated carbocycles. The predicted molar refractivity (Wildman–Crippen MR) is 154 cm³/mol. The zero-order valence-corrected chi connectivity index (χ0v) is 24.1. The number of amides is 2. The number of benzene rings is 2. The number of rotatable bonds is 12. The highest BCUT2D eigenvalue weighted by atomic mass is 32.2. The smallest absolute Gasteiger partial charge is 0.242 e. The summed E-state index contributed by atoms with van der Waals surface area (Å²) in [6, 6.07) is 15.2. The molecule has 0 heterocycles. The minimum absolute atomic E-state index is 0.119. The van der Waals surface area contributed by atoms with E-state index in [4.69, 9.17) is 0 Å². The van der Waals surface area contributed by atoms with Gasteiger partial charge in [0.25, 0.3) is 0 Å². The van der Waals surface area contributed by atoms with Crippen LogP contribution < -0.4 is 9.62 Å². The van der Waals surface area contributed by atoms with Gasteiger partial charge in [-0.3, -0.25) is 13.9 Å². The van der Waals surface area contributed by atoms with Crippen LogP contribution in [-0.2, 0) is 26.0 Å². The van der Waals surface area contributed by atoms with Crippen molar-refractivity contribution in [3.05, 3.63) is 65.2 Å². The molecule has 1 aliphatic rings. The van der Waals surface area contributed by atoms with Crippen LogP contribution >= 0.6 is 0 Å². The molecule has 1 atom stereocenters. The van der Waals surface area contributed by atoms with Gasteiger partial charge < -0.3 is 10.2 Å². The van der Waals surface area contributed by atoms with Crippen molar-refractivity contribution in [1.29, 1.82) is 0 Å². The molecule has 38 heavy (non-hydrogen) atoms. The monoisotopic (exact) mass is 541 g/mol. The molecule has 2 aromatic rings. The minimum Gasteiger partial charge on any atom is -0.352 e. The van der Waals surface area contributed by atoms with Gasteiger partial charge in [0.1, 0.15) is 6.04 Å². The van der Waals surface area contributed by atoms with Crippen molar-refractivity contribution in [3.63, 3.8) is 0 Å². The Balaban J connectivity index is 1.69. The van der Waals surface area contributed by atoms with Gasteiger partial charge in [-0.05, 0) is 69.2 Å². The van der Waals surface area contributed by atoms with Gasteiger partial charge in [0.15, 0.2) is 0 Å². The summed E-state index contributed by atoms with van der Waals surface area (Å²) in [4.78, 5) is 28.3. The number of anilines is 1. The van der Waals surface area contributed by atoms with Crippen LogP contribution in [0.25, 0.3) is 0 Å². The average Bonchev–Trinajstić information content (AvgIpc) is 2.88. The van der Waals surface area contributed by atoms with Gasteiger partial charge in [0.2, 0.25) is 21.8 Å². The van der Waals surface area contributed by atoms with Crippen molar-refractivity contribution < 1.29 is 18.0 Å². The molecular weight excluding hydrogens is 498 g/mol. The third-order valence-corrected chi connectivity index (χ3v) is 8.57. The molecule has 1 fully saturated rings. The Bertz CT molecular complexity index is 1180. The maximum absolute atomic E-state index is 13.5. The van der Waals surface area contributed by atoms with Crippen LogP contribution in [0.4, 0.5) is 5.69 Å². The van der Waals surface area contributed by atoms with Crippen molar-refractivity contribution >= 4 is 27.5 Å². The Morgan fingerprint density at radius 2 is 1.68 bits per heavy atom. The number of aryl methyl sites for hydroxylation is 2. The van der Waals surface area contributed by atoms with E-state index in [2.05, 4.69) is 5.32 Å². The Labute approximate surface area is 228 Å². The molecule has 2 amide bonds. The average molecular weight is 542 g/mol. The van der Waals surface area contributed by atoms with Crippen molar-refractivity contribution in [2.24, 2.45) is 0 Å². The molecule has 0 unspecified atom stereocenters. The van der Waals surface area contributed by atoms with Crippen LogP contribution in [-0.4, -0.2) is 56.6 Å². The number of carbonyl (C=O) groups is 2. The fourth-order valence-corrected chi connectivity index (χ4v) is 6.12. The molecule has 1 aliphatic carbocycles. The first-order valence-electron chi connectivity index (χ1n) is 13.7. The molecule has 7 nitrogen and oxygen atoms in total. The molecule has 2 aromatic carbocycles. The van der Waals surface area contributed by atoms with Gasteiger partial charge in [-0.15, -0.1) is 0 Å². The van der Waals surface area contributed by atoms with Gasteiger partial charge in [-0.25, -0.2) is 8.42 Å². The molecule has 0 bridgehead atoms. The van der Waals surface area contributed by atoms with Crippen molar-refractivity contribution in [3.8, 4) is 0 Å². The summed E-state index contributed by atoms with van der Waals surface area (Å²) < 4.78 is 26.6. The fraction of sp³-hybridized carbons (Fsp3) is 0.533. The second kappa shape index (κ2) is 13.8. The maximum atomic E-state index is 13.5. The van der Waals surface area contributed by atoms with E-state index in [1.807, 2.05) is 62.4 Å². The Hall–Kier alpha value is -2.87. The number of nitrogens with one attached hydrogen (secondary N) is 1. The van der Waals surface area contributed by atoms with E-state index in [1.54, 1.807) is 11.8 Å². The Morgan fingerprint density at radius 3 is 2.34 bits per heavy atom. The molecule has 0 spiro atoms. The molecular formula is C30H43N3O4S. The summed E-state index contributed by atoms with van der Waals surface area (Å²) in [6.07, 6.45) is 7.76. The highest BCUT2D eigenvalue weighted by Gasteiger charge is 2.28. The van der Waals surface area contributed by atoms with Gasteiger partial charge in [-0.1, -0.05) is 61.7 Å². The highest BCUT2D eigenvalue weighted by molar-refractivity contribution is 7.92. The summed E-state index contributed by atoms with van der Waals surface area (Å²) >= 11 is 0. The van der Waals surface area contributed by atoms with Gasteiger partial charge in [0, 0.05) is 25.6 Å². The fourth-order valence-electron chi connectivity index (χ4n) is 5.11. The largest absolute Gasteiger partial charge is 0.352 e. The van der Waals surface area contributed by atoms with Crippen LogP contribution in [0.15, 0.2) is 48.5 Å². The molecule has 208 valence electrons. The van der Waals surface area contributed by atoms with Crippen LogP contribution in [0.1, 0.15) is 68.6 Å². The normalized spacial score (nSPS) is 15.1. The van der Waals surface area contributed by atoms with E-state index in [0.717, 1.165) is 42.4 Å². The lowest BCUT2D eigenvalue weighted by atomic mass is 9.95. The van der Waals surface area contributed by atoms with Crippen LogP contribution in [0.5, 0.6) is 0 Å². The zero-order valence-electron chi connectivity index (χ0n) is 23.3. The van der Waals surface area contributed by atoms with E-state index in [0.29, 0.717) is 25.1 Å². The number of carbonyl (C=O) groups excluding carboxylic acids is 2. The second-order valence-electron chi connectivity index (χ2n) is 10.6. The van der Waals surface area contributed by atoms with Gasteiger partial charge >= 0.3 is 0 Å². The van der Waals surface area contributed by atoms with Gasteiger partial charge in [0.05, 0.1) is 11.9 Å². The van der Waals surface area contributed by atoms with E-state index in [1.165, 1.54) is 17.0 Å². The lowest BCUT2D eigenvalue weighted by Crippen LogP contribution is -2.51. The number of hydrogen-bond acceptors (Lipinski definition) is 4. The summed E-state index contributed by atoms with van der Waals surface area (Å²) in [6.45, 7) is 6.23. The molecule has 0 aliphatic heterocycles. The lowest BCUT2D eigenvalue weighted by Gasteiger charge is -2.31. The van der Waals surface area contributed by atoms with E-state index in [9.17, 15) is 18.0 Å². The SMILES string of the molecule is Cc1ccc(C)c(N(CCCC(=O)N(CCc2ccccc2)[C@H](C)C(=O)NC2CCCCC2)S(C)(=O)=O)c1. The summed E-state index contributed by atoms with van der Waals surface area (Å²) in [5, 5.41) is 3.16. The van der Waals surface area contributed by atoms with E-state index >= 15 is 0 Å². The topological polar surface area (TPSA) is 86.8 Å². The summed E-state index contributed by atoms with van der Waals surface area (Å²) in [7, 11) is -3.52. The highest BCUT2D eigenvalue weighted by Crippen LogP contribution is 2.25. The van der Waals surface area contributed by atoms with Crippen LogP contribution in [0, 0.1) is 13.8 Å². The summed E-state index contributed by atoms with van der Waals surface area (Å²) in [5.41, 5.74) is 3.58. The second-order valence-corrected chi connectivity index (χ2v) is 12.5. The first-order valence-corrected chi connectivity index (χ1v) is 15.6. The van der Waals surface area contributed by atoms with Crippen molar-refractivity contribution in [1.82, 2.24) is 10.2 Å². The number of hydrogen-bond donors (Lipinski definition) is 1. The first kappa shape index (κ1) is 29.7. The van der Waals surface area contributed by atoms with E-state index in [-0.39, 0.29) is 30.8 Å². The van der Waals surface area contributed by atoms with Crippen molar-refractivity contribution in [2.45, 2.75) is 84.2 Å². The summed E-state index contributed by atoms with van der Waals surface area (Å²) in [5.74, 6) is -0.256. The molecule has 8 heteroatoms. The quantitative estimate of drug-likeness (QED) is 0.420. The maximum Gasteiger partial charge on any atom is 0.242 e. The predicted octanol–water partition coefficient (Wildman–Crippen LogP) is 4.76. The Kier molecular flexibility index (Phi) is 10.8. The standard InChI is InChI=1S/C30H43N3O4S/c1-23-17-18-24(2)28(22-23)33(38(4,36)37)20-11-16-29(34)32(21-19-26-12-7-5-8-13-26)25(3)30(35)31-27-14-9-6-10-15-27/h5,7-8,12-13,17-18,22,25,27H,6,9-11,14-16,19-21H2,1-4H3,(H,31,35)/t25-/m1/s1. The first-order chi connectivity index (χ1) is 18.1. The Morgan fingerprint density at radius 1 is 1.00 bits per heavy atom.